The second-order valence-corrected chi connectivity index (χ2v) is 7.85. The topological polar surface area (TPSA) is 79.1 Å². The molecule has 2 aliphatic rings. The van der Waals surface area contributed by atoms with E-state index in [-0.39, 0.29) is 18.5 Å². The SMILES string of the molecule is COc1ccc(CN2C(=O)CCN(c3ccc(N4CCC(N)CC4)cc3)C2=O)cc1. The lowest BCUT2D eigenvalue weighted by molar-refractivity contribution is -0.129. The summed E-state index contributed by atoms with van der Waals surface area (Å²) in [5.74, 6) is 0.598. The second kappa shape index (κ2) is 8.75. The van der Waals surface area contributed by atoms with Gasteiger partial charge < -0.3 is 15.4 Å². The quantitative estimate of drug-likeness (QED) is 0.823. The van der Waals surface area contributed by atoms with Gasteiger partial charge in [0.15, 0.2) is 0 Å². The van der Waals surface area contributed by atoms with Crippen molar-refractivity contribution in [3.63, 3.8) is 0 Å². The fourth-order valence-electron chi connectivity index (χ4n) is 4.00. The maximum Gasteiger partial charge on any atom is 0.331 e. The summed E-state index contributed by atoms with van der Waals surface area (Å²) < 4.78 is 5.17. The Morgan fingerprint density at radius 3 is 2.20 bits per heavy atom. The van der Waals surface area contributed by atoms with E-state index in [4.69, 9.17) is 10.5 Å². The molecule has 7 nitrogen and oxygen atoms in total. The zero-order valence-corrected chi connectivity index (χ0v) is 17.3. The lowest BCUT2D eigenvalue weighted by Crippen LogP contribution is -2.52. The van der Waals surface area contributed by atoms with Crippen LogP contribution in [0, 0.1) is 0 Å². The highest BCUT2D eigenvalue weighted by Gasteiger charge is 2.33. The molecule has 0 unspecified atom stereocenters. The van der Waals surface area contributed by atoms with Gasteiger partial charge in [-0.3, -0.25) is 14.6 Å². The maximum atomic E-state index is 13.1. The Hall–Kier alpha value is -3.06. The Kier molecular flexibility index (Phi) is 5.90. The fraction of sp³-hybridized carbons (Fsp3) is 0.391. The number of nitrogens with two attached hydrogens (primary N) is 1. The fourth-order valence-corrected chi connectivity index (χ4v) is 4.00. The standard InChI is InChI=1S/C23H28N4O3/c1-30-21-8-2-17(3-9-21)16-27-22(28)12-15-26(23(27)29)20-6-4-19(5-7-20)25-13-10-18(24)11-14-25/h2-9,18H,10-16,24H2,1H3. The van der Waals surface area contributed by atoms with Crippen LogP contribution in [-0.2, 0) is 11.3 Å². The van der Waals surface area contributed by atoms with Crippen molar-refractivity contribution in [2.45, 2.75) is 31.8 Å². The molecule has 2 fully saturated rings. The molecule has 30 heavy (non-hydrogen) atoms. The Labute approximate surface area is 177 Å². The van der Waals surface area contributed by atoms with Crippen molar-refractivity contribution in [2.24, 2.45) is 5.73 Å². The van der Waals surface area contributed by atoms with Gasteiger partial charge in [-0.2, -0.15) is 0 Å². The van der Waals surface area contributed by atoms with Crippen molar-refractivity contribution in [3.05, 3.63) is 54.1 Å². The Morgan fingerprint density at radius 1 is 0.933 bits per heavy atom. The minimum atomic E-state index is -0.279. The van der Waals surface area contributed by atoms with Crippen LogP contribution in [0.3, 0.4) is 0 Å². The first kappa shape index (κ1) is 20.2. The molecule has 0 aromatic heterocycles. The van der Waals surface area contributed by atoms with Crippen LogP contribution in [0.4, 0.5) is 16.2 Å². The van der Waals surface area contributed by atoms with E-state index in [2.05, 4.69) is 4.90 Å². The molecule has 2 heterocycles. The molecule has 2 N–H and O–H groups in total. The van der Waals surface area contributed by atoms with E-state index in [0.717, 1.165) is 48.6 Å². The van der Waals surface area contributed by atoms with Crippen LogP contribution < -0.4 is 20.3 Å². The Bertz CT molecular complexity index is 890. The number of carbonyl (C=O) groups is 2. The molecule has 3 amide bonds. The summed E-state index contributed by atoms with van der Waals surface area (Å²) >= 11 is 0. The zero-order valence-electron chi connectivity index (χ0n) is 17.3. The van der Waals surface area contributed by atoms with E-state index >= 15 is 0 Å². The number of nitrogens with zero attached hydrogens (tertiary/aromatic N) is 3. The lowest BCUT2D eigenvalue weighted by atomic mass is 10.1. The van der Waals surface area contributed by atoms with E-state index in [1.807, 2.05) is 48.5 Å². The monoisotopic (exact) mass is 408 g/mol. The number of rotatable bonds is 5. The number of carbonyl (C=O) groups excluding carboxylic acids is 2. The van der Waals surface area contributed by atoms with Crippen LogP contribution in [-0.4, -0.2) is 49.6 Å². The minimum Gasteiger partial charge on any atom is -0.497 e. The number of hydrogen-bond acceptors (Lipinski definition) is 5. The van der Waals surface area contributed by atoms with Crippen LogP contribution >= 0.6 is 0 Å². The molecule has 0 aliphatic carbocycles. The number of methoxy groups -OCH3 is 1. The predicted molar refractivity (Wildman–Crippen MR) is 117 cm³/mol. The van der Waals surface area contributed by atoms with Crippen molar-refractivity contribution in [3.8, 4) is 5.75 Å². The first-order valence-electron chi connectivity index (χ1n) is 10.4. The van der Waals surface area contributed by atoms with Gasteiger partial charge >= 0.3 is 6.03 Å². The third-order valence-corrected chi connectivity index (χ3v) is 5.88. The summed E-state index contributed by atoms with van der Waals surface area (Å²) in [7, 11) is 1.61. The molecular weight excluding hydrogens is 380 g/mol. The van der Waals surface area contributed by atoms with Gasteiger partial charge in [0, 0.05) is 43.5 Å². The van der Waals surface area contributed by atoms with E-state index < -0.39 is 0 Å². The molecule has 158 valence electrons. The van der Waals surface area contributed by atoms with Crippen molar-refractivity contribution in [1.82, 2.24) is 4.90 Å². The average molecular weight is 409 g/mol. The highest BCUT2D eigenvalue weighted by atomic mass is 16.5. The Balaban J connectivity index is 1.46. The van der Waals surface area contributed by atoms with E-state index in [0.29, 0.717) is 19.0 Å². The molecule has 0 saturated carbocycles. The lowest BCUT2D eigenvalue weighted by Gasteiger charge is -2.35. The number of benzene rings is 2. The number of imide groups is 1. The largest absolute Gasteiger partial charge is 0.497 e. The second-order valence-electron chi connectivity index (χ2n) is 7.85. The summed E-state index contributed by atoms with van der Waals surface area (Å²) in [5.41, 5.74) is 8.83. The summed E-state index contributed by atoms with van der Waals surface area (Å²) in [4.78, 5) is 30.8. The van der Waals surface area contributed by atoms with Gasteiger partial charge in [-0.05, 0) is 54.8 Å². The van der Waals surface area contributed by atoms with Gasteiger partial charge in [0.1, 0.15) is 5.75 Å². The molecule has 0 radical (unpaired) electrons. The van der Waals surface area contributed by atoms with Gasteiger partial charge in [0.05, 0.1) is 13.7 Å². The highest BCUT2D eigenvalue weighted by molar-refractivity contribution is 6.05. The van der Waals surface area contributed by atoms with E-state index in [1.54, 1.807) is 12.0 Å². The zero-order chi connectivity index (χ0) is 21.1. The normalized spacial score (nSPS) is 18.1. The maximum absolute atomic E-state index is 13.1. The minimum absolute atomic E-state index is 0.145. The van der Waals surface area contributed by atoms with Crippen LogP contribution in [0.25, 0.3) is 0 Å². The number of amides is 3. The molecule has 0 bridgehead atoms. The van der Waals surface area contributed by atoms with Crippen LogP contribution in [0.1, 0.15) is 24.8 Å². The van der Waals surface area contributed by atoms with Crippen LogP contribution in [0.2, 0.25) is 0 Å². The molecule has 2 aromatic rings. The van der Waals surface area contributed by atoms with Gasteiger partial charge in [-0.15, -0.1) is 0 Å². The molecular formula is C23H28N4O3. The van der Waals surface area contributed by atoms with Gasteiger partial charge in [-0.1, -0.05) is 12.1 Å². The van der Waals surface area contributed by atoms with Crippen LogP contribution in [0.15, 0.2) is 48.5 Å². The van der Waals surface area contributed by atoms with Crippen LogP contribution in [0.5, 0.6) is 5.75 Å². The molecule has 0 spiro atoms. The number of ether oxygens (including phenoxy) is 1. The number of anilines is 2. The van der Waals surface area contributed by atoms with Gasteiger partial charge in [0.2, 0.25) is 5.91 Å². The first-order chi connectivity index (χ1) is 14.5. The molecule has 0 atom stereocenters. The number of urea groups is 1. The summed E-state index contributed by atoms with van der Waals surface area (Å²) in [6.45, 7) is 2.56. The van der Waals surface area contributed by atoms with Crippen molar-refractivity contribution in [2.75, 3.05) is 36.5 Å². The smallest absolute Gasteiger partial charge is 0.331 e. The molecule has 2 aliphatic heterocycles. The highest BCUT2D eigenvalue weighted by Crippen LogP contribution is 2.26. The van der Waals surface area contributed by atoms with Gasteiger partial charge in [-0.25, -0.2) is 4.79 Å². The predicted octanol–water partition coefficient (Wildman–Crippen LogP) is 2.98. The Morgan fingerprint density at radius 2 is 1.57 bits per heavy atom. The van der Waals surface area contributed by atoms with Gasteiger partial charge in [0.25, 0.3) is 0 Å². The average Bonchev–Trinajstić information content (AvgIpc) is 2.78. The summed E-state index contributed by atoms with van der Waals surface area (Å²) in [5, 5.41) is 0. The third kappa shape index (κ3) is 4.26. The molecule has 7 heteroatoms. The van der Waals surface area contributed by atoms with Crippen molar-refractivity contribution >= 4 is 23.3 Å². The molecule has 2 saturated heterocycles. The molecule has 2 aromatic carbocycles. The van der Waals surface area contributed by atoms with E-state index in [9.17, 15) is 9.59 Å². The summed E-state index contributed by atoms with van der Waals surface area (Å²) in [6.07, 6.45) is 2.30. The first-order valence-corrected chi connectivity index (χ1v) is 10.4. The number of hydrogen-bond donors (Lipinski definition) is 1. The van der Waals surface area contributed by atoms with Crippen molar-refractivity contribution < 1.29 is 14.3 Å². The third-order valence-electron chi connectivity index (χ3n) is 5.88. The van der Waals surface area contributed by atoms with Crippen molar-refractivity contribution in [1.29, 1.82) is 0 Å². The summed E-state index contributed by atoms with van der Waals surface area (Å²) in [6, 6.07) is 15.4. The van der Waals surface area contributed by atoms with E-state index in [1.165, 1.54) is 4.90 Å². The molecule has 4 rings (SSSR count). The number of piperidine rings is 1.